The van der Waals surface area contributed by atoms with Crippen molar-refractivity contribution < 1.29 is 22.7 Å². The molecule has 0 atom stereocenters. The molecule has 1 amide bonds. The Labute approximate surface area is 136 Å². The van der Waals surface area contributed by atoms with Crippen molar-refractivity contribution in [1.82, 2.24) is 9.97 Å². The van der Waals surface area contributed by atoms with Crippen LogP contribution >= 0.6 is 0 Å². The number of anilines is 1. The molecule has 0 saturated carbocycles. The van der Waals surface area contributed by atoms with Crippen LogP contribution in [0, 0.1) is 0 Å². The van der Waals surface area contributed by atoms with E-state index >= 15 is 0 Å². The Bertz CT molecular complexity index is 777. The number of nitrogens with zero attached hydrogens (tertiary/aromatic N) is 3. The van der Waals surface area contributed by atoms with Crippen LogP contribution in [0.2, 0.25) is 0 Å². The van der Waals surface area contributed by atoms with Crippen LogP contribution in [0.15, 0.2) is 30.5 Å². The van der Waals surface area contributed by atoms with Gasteiger partial charge in [0.15, 0.2) is 0 Å². The molecule has 3 rings (SSSR count). The molecule has 1 aliphatic rings. The van der Waals surface area contributed by atoms with Gasteiger partial charge in [-0.3, -0.25) is 4.79 Å². The highest BCUT2D eigenvalue weighted by Gasteiger charge is 2.36. The van der Waals surface area contributed by atoms with Crippen molar-refractivity contribution in [1.29, 1.82) is 0 Å². The number of carbonyl (C=O) groups excluding carboxylic acids is 1. The number of ether oxygens (including phenoxy) is 1. The topological polar surface area (TPSA) is 55.3 Å². The fraction of sp³-hybridized carbons (Fsp3) is 0.312. The second kappa shape index (κ2) is 6.10. The molecule has 0 bridgehead atoms. The first kappa shape index (κ1) is 16.2. The number of aromatic nitrogens is 2. The van der Waals surface area contributed by atoms with Crippen molar-refractivity contribution in [2.24, 2.45) is 0 Å². The lowest BCUT2D eigenvalue weighted by atomic mass is 9.95. The third-order valence-electron chi connectivity index (χ3n) is 3.84. The first-order valence-corrected chi connectivity index (χ1v) is 7.30. The smallest absolute Gasteiger partial charge is 0.416 e. The maximum atomic E-state index is 13.2. The molecule has 8 heteroatoms. The highest BCUT2D eigenvalue weighted by molar-refractivity contribution is 6.05. The average molecular weight is 337 g/mol. The van der Waals surface area contributed by atoms with Crippen molar-refractivity contribution in [3.8, 4) is 6.01 Å². The van der Waals surface area contributed by atoms with Gasteiger partial charge >= 0.3 is 12.2 Å². The van der Waals surface area contributed by atoms with Gasteiger partial charge in [0.25, 0.3) is 5.91 Å². The van der Waals surface area contributed by atoms with Crippen molar-refractivity contribution in [2.45, 2.75) is 19.0 Å². The second-order valence-corrected chi connectivity index (χ2v) is 5.29. The Balaban J connectivity index is 2.02. The second-order valence-electron chi connectivity index (χ2n) is 5.29. The number of hydrogen-bond donors (Lipinski definition) is 0. The summed E-state index contributed by atoms with van der Waals surface area (Å²) in [6.45, 7) is 0.333. The molecule has 1 aromatic heterocycles. The molecule has 5 nitrogen and oxygen atoms in total. The van der Waals surface area contributed by atoms with E-state index in [0.29, 0.717) is 13.0 Å². The molecule has 0 spiro atoms. The zero-order valence-electron chi connectivity index (χ0n) is 12.8. The number of amides is 1. The number of halogens is 3. The van der Waals surface area contributed by atoms with Crippen molar-refractivity contribution in [3.63, 3.8) is 0 Å². The van der Waals surface area contributed by atoms with E-state index in [4.69, 9.17) is 4.74 Å². The molecule has 2 heterocycles. The fourth-order valence-corrected chi connectivity index (χ4v) is 2.80. The predicted octanol–water partition coefficient (Wildman–Crippen LogP) is 3.10. The summed E-state index contributed by atoms with van der Waals surface area (Å²) in [7, 11) is 1.37. The maximum absolute atomic E-state index is 13.2. The number of alkyl halides is 3. The Morgan fingerprint density at radius 2 is 2.08 bits per heavy atom. The van der Waals surface area contributed by atoms with Crippen LogP contribution in [0.25, 0.3) is 0 Å². The van der Waals surface area contributed by atoms with Gasteiger partial charge in [-0.1, -0.05) is 6.07 Å². The molecule has 126 valence electrons. The minimum atomic E-state index is -4.45. The lowest BCUT2D eigenvalue weighted by Crippen LogP contribution is -2.36. The Morgan fingerprint density at radius 3 is 2.79 bits per heavy atom. The summed E-state index contributed by atoms with van der Waals surface area (Å²) in [4.78, 5) is 21.8. The monoisotopic (exact) mass is 337 g/mol. The van der Waals surface area contributed by atoms with E-state index < -0.39 is 17.6 Å². The van der Waals surface area contributed by atoms with Crippen LogP contribution < -0.4 is 9.64 Å². The summed E-state index contributed by atoms with van der Waals surface area (Å²) in [6.07, 6.45) is -2.35. The number of carbonyl (C=O) groups is 1. The van der Waals surface area contributed by atoms with Gasteiger partial charge in [0.2, 0.25) is 0 Å². The molecule has 1 aliphatic heterocycles. The molecule has 0 N–H and O–H groups in total. The number of methoxy groups -OCH3 is 1. The summed E-state index contributed by atoms with van der Waals surface area (Å²) in [6, 6.07) is 5.32. The molecule has 1 aromatic carbocycles. The fourth-order valence-electron chi connectivity index (χ4n) is 2.80. The van der Waals surface area contributed by atoms with Crippen molar-refractivity contribution in [2.75, 3.05) is 18.6 Å². The number of benzene rings is 1. The summed E-state index contributed by atoms with van der Waals surface area (Å²) in [5.74, 6) is -0.476. The van der Waals surface area contributed by atoms with Gasteiger partial charge in [0, 0.05) is 18.4 Å². The van der Waals surface area contributed by atoms with E-state index in [1.807, 2.05) is 0 Å². The molecule has 0 saturated heterocycles. The molecule has 0 aliphatic carbocycles. The van der Waals surface area contributed by atoms with Crippen LogP contribution in [0.3, 0.4) is 0 Å². The van der Waals surface area contributed by atoms with E-state index in [9.17, 15) is 18.0 Å². The van der Waals surface area contributed by atoms with E-state index in [2.05, 4.69) is 9.97 Å². The number of hydrogen-bond acceptors (Lipinski definition) is 4. The summed E-state index contributed by atoms with van der Waals surface area (Å²) >= 11 is 0. The molecule has 24 heavy (non-hydrogen) atoms. The summed E-state index contributed by atoms with van der Waals surface area (Å²) in [5.41, 5.74) is -0.200. The predicted molar refractivity (Wildman–Crippen MR) is 80.0 cm³/mol. The van der Waals surface area contributed by atoms with E-state index in [0.717, 1.165) is 6.07 Å². The SMILES string of the molecule is COc1nccc(C(=O)N2CCCc3c2cccc3C(F)(F)F)n1. The van der Waals surface area contributed by atoms with E-state index in [1.165, 1.54) is 36.4 Å². The zero-order valence-corrected chi connectivity index (χ0v) is 12.8. The van der Waals surface area contributed by atoms with Gasteiger partial charge in [-0.05, 0) is 36.6 Å². The third kappa shape index (κ3) is 2.91. The summed E-state index contributed by atoms with van der Waals surface area (Å²) in [5, 5.41) is 0. The van der Waals surface area contributed by atoms with Gasteiger partial charge < -0.3 is 9.64 Å². The Morgan fingerprint density at radius 1 is 1.29 bits per heavy atom. The highest BCUT2D eigenvalue weighted by atomic mass is 19.4. The number of fused-ring (bicyclic) bond motifs is 1. The first-order valence-electron chi connectivity index (χ1n) is 7.30. The third-order valence-corrected chi connectivity index (χ3v) is 3.84. The van der Waals surface area contributed by atoms with Gasteiger partial charge in [-0.2, -0.15) is 18.2 Å². The van der Waals surface area contributed by atoms with Crippen LogP contribution in [-0.4, -0.2) is 29.5 Å². The van der Waals surface area contributed by atoms with Crippen LogP contribution in [0.5, 0.6) is 6.01 Å². The molecular weight excluding hydrogens is 323 g/mol. The quantitative estimate of drug-likeness (QED) is 0.845. The number of rotatable bonds is 2. The first-order chi connectivity index (χ1) is 11.4. The molecule has 0 unspecified atom stereocenters. The standard InChI is InChI=1S/C16H14F3N3O2/c1-24-15-20-8-7-12(21-15)14(23)22-9-3-4-10-11(16(17,18)19)5-2-6-13(10)22/h2,5-8H,3-4,9H2,1H3. The largest absolute Gasteiger partial charge is 0.467 e. The molecule has 2 aromatic rings. The highest BCUT2D eigenvalue weighted by Crippen LogP contribution is 2.39. The molecular formula is C16H14F3N3O2. The zero-order chi connectivity index (χ0) is 17.3. The maximum Gasteiger partial charge on any atom is 0.416 e. The van der Waals surface area contributed by atoms with Gasteiger partial charge in [-0.15, -0.1) is 0 Å². The van der Waals surface area contributed by atoms with Crippen LogP contribution in [-0.2, 0) is 12.6 Å². The lowest BCUT2D eigenvalue weighted by molar-refractivity contribution is -0.138. The van der Waals surface area contributed by atoms with Gasteiger partial charge in [-0.25, -0.2) is 4.98 Å². The van der Waals surface area contributed by atoms with Crippen LogP contribution in [0.1, 0.15) is 28.0 Å². The van der Waals surface area contributed by atoms with Crippen molar-refractivity contribution in [3.05, 3.63) is 47.3 Å². The minimum Gasteiger partial charge on any atom is -0.467 e. The molecule has 0 radical (unpaired) electrons. The Kier molecular flexibility index (Phi) is 4.13. The van der Waals surface area contributed by atoms with Gasteiger partial charge in [0.05, 0.1) is 12.7 Å². The minimum absolute atomic E-state index is 0.0297. The van der Waals surface area contributed by atoms with E-state index in [1.54, 1.807) is 0 Å². The Hall–Kier alpha value is -2.64. The summed E-state index contributed by atoms with van der Waals surface area (Å²) < 4.78 is 44.4. The average Bonchev–Trinajstić information content (AvgIpc) is 2.59. The van der Waals surface area contributed by atoms with Crippen molar-refractivity contribution >= 4 is 11.6 Å². The van der Waals surface area contributed by atoms with Crippen LogP contribution in [0.4, 0.5) is 18.9 Å². The normalized spacial score (nSPS) is 14.2. The molecule has 0 fully saturated rings. The van der Waals surface area contributed by atoms with E-state index in [-0.39, 0.29) is 29.4 Å². The lowest BCUT2D eigenvalue weighted by Gasteiger charge is -2.31. The van der Waals surface area contributed by atoms with Gasteiger partial charge in [0.1, 0.15) is 5.69 Å².